The Hall–Kier alpha value is -1.66. The first-order chi connectivity index (χ1) is 9.28. The van der Waals surface area contributed by atoms with Gasteiger partial charge in [-0.15, -0.1) is 0 Å². The van der Waals surface area contributed by atoms with E-state index in [4.69, 9.17) is 9.74 Å². The normalized spacial score (nSPS) is 16.0. The molecule has 2 N–H and O–H groups in total. The Balaban J connectivity index is 1.68. The maximum atomic E-state index is 8.73. The maximum absolute atomic E-state index is 8.73. The molecule has 0 bridgehead atoms. The number of aromatic nitrogens is 2. The summed E-state index contributed by atoms with van der Waals surface area (Å²) in [7, 11) is 0. The van der Waals surface area contributed by atoms with Crippen molar-refractivity contribution in [2.45, 2.75) is 6.92 Å². The zero-order chi connectivity index (χ0) is 13.2. The zero-order valence-corrected chi connectivity index (χ0v) is 11.0. The molecule has 0 aliphatic carbocycles. The van der Waals surface area contributed by atoms with Crippen LogP contribution < -0.4 is 10.2 Å². The van der Waals surface area contributed by atoms with Crippen LogP contribution in [-0.4, -0.2) is 48.2 Å². The maximum Gasteiger partial charge on any atom is 0.158 e. The van der Waals surface area contributed by atoms with Gasteiger partial charge in [-0.1, -0.05) is 0 Å². The van der Waals surface area contributed by atoms with Crippen LogP contribution in [0.1, 0.15) is 5.56 Å². The number of aryl methyl sites for hydroxylation is 1. The van der Waals surface area contributed by atoms with Gasteiger partial charge in [-0.25, -0.2) is 4.63 Å². The zero-order valence-electron chi connectivity index (χ0n) is 11.0. The van der Waals surface area contributed by atoms with Crippen LogP contribution in [0.4, 0.5) is 5.69 Å². The lowest BCUT2D eigenvalue weighted by Gasteiger charge is -2.41. The van der Waals surface area contributed by atoms with Crippen LogP contribution in [0.15, 0.2) is 16.8 Å². The molecule has 1 aromatic carbocycles. The largest absolute Gasteiger partial charge is 0.395 e. The lowest BCUT2D eigenvalue weighted by atomic mass is 9.98. The highest BCUT2D eigenvalue weighted by Gasteiger charge is 2.28. The summed E-state index contributed by atoms with van der Waals surface area (Å²) in [5.74, 6) is 0.627. The van der Waals surface area contributed by atoms with E-state index in [0.717, 1.165) is 36.4 Å². The second kappa shape index (κ2) is 5.14. The van der Waals surface area contributed by atoms with Crippen LogP contribution in [0.5, 0.6) is 0 Å². The van der Waals surface area contributed by atoms with E-state index in [-0.39, 0.29) is 6.61 Å². The van der Waals surface area contributed by atoms with Crippen molar-refractivity contribution in [3.8, 4) is 0 Å². The molecule has 1 aliphatic heterocycles. The van der Waals surface area contributed by atoms with E-state index in [1.54, 1.807) is 0 Å². The average Bonchev–Trinajstić information content (AvgIpc) is 2.79. The number of anilines is 1. The number of hydrogen-bond acceptors (Lipinski definition) is 6. The Morgan fingerprint density at radius 3 is 3.05 bits per heavy atom. The SMILES string of the molecule is Cc1cc(N2CC(CNCCO)C2)c2nonc2c1. The summed E-state index contributed by atoms with van der Waals surface area (Å²) in [6.07, 6.45) is 0. The summed E-state index contributed by atoms with van der Waals surface area (Å²) >= 11 is 0. The molecule has 0 saturated carbocycles. The number of benzene rings is 1. The Morgan fingerprint density at radius 1 is 1.42 bits per heavy atom. The molecule has 3 rings (SSSR count). The molecule has 1 aliphatic rings. The Kier molecular flexibility index (Phi) is 3.35. The van der Waals surface area contributed by atoms with Gasteiger partial charge in [0.25, 0.3) is 0 Å². The van der Waals surface area contributed by atoms with Crippen LogP contribution >= 0.6 is 0 Å². The summed E-state index contributed by atoms with van der Waals surface area (Å²) in [5, 5.41) is 19.9. The highest BCUT2D eigenvalue weighted by molar-refractivity contribution is 5.88. The van der Waals surface area contributed by atoms with Crippen LogP contribution in [-0.2, 0) is 0 Å². The van der Waals surface area contributed by atoms with Gasteiger partial charge in [-0.2, -0.15) is 0 Å². The minimum atomic E-state index is 0.194. The molecule has 0 spiro atoms. The molecule has 2 aromatic rings. The monoisotopic (exact) mass is 262 g/mol. The van der Waals surface area contributed by atoms with E-state index in [1.807, 2.05) is 6.07 Å². The number of aliphatic hydroxyl groups is 1. The molecule has 6 nitrogen and oxygen atoms in total. The van der Waals surface area contributed by atoms with E-state index < -0.39 is 0 Å². The third-order valence-corrected chi connectivity index (χ3v) is 3.50. The second-order valence-corrected chi connectivity index (χ2v) is 5.11. The molecule has 1 aromatic heterocycles. The molecule has 102 valence electrons. The fourth-order valence-corrected chi connectivity index (χ4v) is 2.53. The molecule has 0 amide bonds. The van der Waals surface area contributed by atoms with Gasteiger partial charge in [0.15, 0.2) is 5.52 Å². The molecule has 1 saturated heterocycles. The molecule has 6 heteroatoms. The molecular weight excluding hydrogens is 244 g/mol. The standard InChI is InChI=1S/C13H18N4O2/c1-9-4-11-13(16-19-15-11)12(5-9)17-7-10(8-17)6-14-2-3-18/h4-5,10,14,18H,2-3,6-8H2,1H3. The Labute approximate surface area is 111 Å². The van der Waals surface area contributed by atoms with Crippen molar-refractivity contribution in [3.63, 3.8) is 0 Å². The van der Waals surface area contributed by atoms with Crippen LogP contribution in [0.2, 0.25) is 0 Å². The van der Waals surface area contributed by atoms with Gasteiger partial charge in [0.2, 0.25) is 0 Å². The summed E-state index contributed by atoms with van der Waals surface area (Å²) in [5.41, 5.74) is 3.93. The highest BCUT2D eigenvalue weighted by atomic mass is 16.6. The lowest BCUT2D eigenvalue weighted by molar-refractivity contribution is 0.282. The first-order valence-electron chi connectivity index (χ1n) is 6.57. The van der Waals surface area contributed by atoms with Crippen molar-refractivity contribution >= 4 is 16.7 Å². The molecule has 0 unspecified atom stereocenters. The molecule has 1 fully saturated rings. The number of fused-ring (bicyclic) bond motifs is 1. The second-order valence-electron chi connectivity index (χ2n) is 5.11. The van der Waals surface area contributed by atoms with E-state index >= 15 is 0 Å². The minimum absolute atomic E-state index is 0.194. The third-order valence-electron chi connectivity index (χ3n) is 3.50. The van der Waals surface area contributed by atoms with Crippen molar-refractivity contribution < 1.29 is 9.74 Å². The lowest BCUT2D eigenvalue weighted by Crippen LogP contribution is -2.51. The summed E-state index contributed by atoms with van der Waals surface area (Å²) in [6.45, 7) is 5.87. The van der Waals surface area contributed by atoms with E-state index in [9.17, 15) is 0 Å². The number of hydrogen-bond donors (Lipinski definition) is 2. The summed E-state index contributed by atoms with van der Waals surface area (Å²) < 4.78 is 4.82. The quantitative estimate of drug-likeness (QED) is 0.767. The predicted molar refractivity (Wildman–Crippen MR) is 72.2 cm³/mol. The Bertz CT molecular complexity index is 563. The highest BCUT2D eigenvalue weighted by Crippen LogP contribution is 2.31. The van der Waals surface area contributed by atoms with Crippen molar-refractivity contribution in [3.05, 3.63) is 17.7 Å². The first-order valence-corrected chi connectivity index (χ1v) is 6.57. The molecule has 2 heterocycles. The van der Waals surface area contributed by atoms with Gasteiger partial charge >= 0.3 is 0 Å². The number of rotatable bonds is 5. The molecular formula is C13H18N4O2. The van der Waals surface area contributed by atoms with Gasteiger partial charge in [0.1, 0.15) is 5.52 Å². The van der Waals surface area contributed by atoms with Crippen molar-refractivity contribution in [1.82, 2.24) is 15.6 Å². The van der Waals surface area contributed by atoms with Gasteiger partial charge in [-0.05, 0) is 34.9 Å². The van der Waals surface area contributed by atoms with E-state index in [0.29, 0.717) is 12.5 Å². The number of nitrogens with zero attached hydrogens (tertiary/aromatic N) is 3. The van der Waals surface area contributed by atoms with Crippen LogP contribution in [0.25, 0.3) is 11.0 Å². The fraction of sp³-hybridized carbons (Fsp3) is 0.538. The van der Waals surface area contributed by atoms with Crippen molar-refractivity contribution in [1.29, 1.82) is 0 Å². The molecule has 19 heavy (non-hydrogen) atoms. The van der Waals surface area contributed by atoms with Crippen molar-refractivity contribution in [2.24, 2.45) is 5.92 Å². The predicted octanol–water partition coefficient (Wildman–Crippen LogP) is 0.549. The fourth-order valence-electron chi connectivity index (χ4n) is 2.53. The Morgan fingerprint density at radius 2 is 2.26 bits per heavy atom. The summed E-state index contributed by atoms with van der Waals surface area (Å²) in [4.78, 5) is 2.30. The minimum Gasteiger partial charge on any atom is -0.395 e. The third kappa shape index (κ3) is 2.41. The van der Waals surface area contributed by atoms with Crippen LogP contribution in [0.3, 0.4) is 0 Å². The molecule has 0 radical (unpaired) electrons. The average molecular weight is 262 g/mol. The van der Waals surface area contributed by atoms with Crippen molar-refractivity contribution in [2.75, 3.05) is 37.7 Å². The van der Waals surface area contributed by atoms with E-state index in [1.165, 1.54) is 5.56 Å². The van der Waals surface area contributed by atoms with Gasteiger partial charge in [-0.3, -0.25) is 0 Å². The van der Waals surface area contributed by atoms with E-state index in [2.05, 4.69) is 33.5 Å². The van der Waals surface area contributed by atoms with Gasteiger partial charge in [0, 0.05) is 32.1 Å². The van der Waals surface area contributed by atoms with Gasteiger partial charge in [0.05, 0.1) is 12.3 Å². The summed E-state index contributed by atoms with van der Waals surface area (Å²) in [6, 6.07) is 4.11. The smallest absolute Gasteiger partial charge is 0.158 e. The molecule has 0 atom stereocenters. The topological polar surface area (TPSA) is 74.4 Å². The van der Waals surface area contributed by atoms with Crippen LogP contribution in [0, 0.1) is 12.8 Å². The first kappa shape index (κ1) is 12.4. The number of aliphatic hydroxyl groups excluding tert-OH is 1. The number of nitrogens with one attached hydrogen (secondary N) is 1. The van der Waals surface area contributed by atoms with Gasteiger partial charge < -0.3 is 15.3 Å².